The lowest BCUT2D eigenvalue weighted by Gasteiger charge is -2.29. The molecule has 0 unspecified atom stereocenters. The van der Waals surface area contributed by atoms with Gasteiger partial charge in [0.05, 0.1) is 5.69 Å². The summed E-state index contributed by atoms with van der Waals surface area (Å²) in [6.45, 7) is 5.31. The smallest absolute Gasteiger partial charge is 0.320 e. The number of piperazine rings is 1. The molecule has 5 rings (SSSR count). The van der Waals surface area contributed by atoms with Gasteiger partial charge in [-0.1, -0.05) is 12.8 Å². The number of carbonyl (C=O) groups is 1. The van der Waals surface area contributed by atoms with Crippen LogP contribution in [0.15, 0.2) is 29.3 Å². The van der Waals surface area contributed by atoms with Crippen molar-refractivity contribution in [2.45, 2.75) is 45.1 Å². The number of nitrogens with zero attached hydrogens (tertiary/aromatic N) is 5. The molecule has 1 aliphatic heterocycles. The lowest BCUT2D eigenvalue weighted by molar-refractivity contribution is -0.589. The molecule has 2 fully saturated rings. The first kappa shape index (κ1) is 22.3. The number of aryl methyl sites for hydroxylation is 1. The summed E-state index contributed by atoms with van der Waals surface area (Å²) in [7, 11) is 0. The normalized spacial score (nSPS) is 16.8. The number of aldehydes is 1. The first-order valence-corrected chi connectivity index (χ1v) is 11.9. The molecular formula is C24H29N7O3. The second-order valence-corrected chi connectivity index (χ2v) is 8.98. The third-order valence-corrected chi connectivity index (χ3v) is 6.93. The Hall–Kier alpha value is -3.53. The maximum Gasteiger partial charge on any atom is 0.320 e. The van der Waals surface area contributed by atoms with Crippen LogP contribution in [0.1, 0.15) is 42.9 Å². The van der Waals surface area contributed by atoms with Crippen LogP contribution in [0.5, 0.6) is 0 Å². The van der Waals surface area contributed by atoms with Gasteiger partial charge in [0.1, 0.15) is 12.5 Å². The predicted octanol–water partition coefficient (Wildman–Crippen LogP) is 1.74. The van der Waals surface area contributed by atoms with Crippen LogP contribution < -0.4 is 25.8 Å². The van der Waals surface area contributed by atoms with Gasteiger partial charge in [0.15, 0.2) is 5.65 Å². The Morgan fingerprint density at radius 1 is 1.26 bits per heavy atom. The molecule has 0 aromatic carbocycles. The molecule has 4 heterocycles. The molecule has 2 aliphatic rings. The summed E-state index contributed by atoms with van der Waals surface area (Å²) in [6.07, 6.45) is 7.98. The van der Waals surface area contributed by atoms with Crippen molar-refractivity contribution >= 4 is 34.8 Å². The van der Waals surface area contributed by atoms with Crippen molar-refractivity contribution in [1.82, 2.24) is 19.9 Å². The number of rotatable bonds is 6. The molecular weight excluding hydrogens is 434 g/mol. The van der Waals surface area contributed by atoms with E-state index in [4.69, 9.17) is 0 Å². The zero-order chi connectivity index (χ0) is 23.7. The molecule has 0 atom stereocenters. The highest BCUT2D eigenvalue weighted by Gasteiger charge is 2.25. The van der Waals surface area contributed by atoms with Crippen molar-refractivity contribution in [1.29, 1.82) is 0 Å². The fourth-order valence-corrected chi connectivity index (χ4v) is 5.06. The van der Waals surface area contributed by atoms with Crippen LogP contribution in [-0.2, 0) is 11.2 Å². The van der Waals surface area contributed by atoms with Gasteiger partial charge in [-0.05, 0) is 31.4 Å². The largest absolute Gasteiger partial charge is 0.711 e. The maximum absolute atomic E-state index is 13.4. The van der Waals surface area contributed by atoms with Crippen molar-refractivity contribution in [3.05, 3.63) is 51.2 Å². The fourth-order valence-electron chi connectivity index (χ4n) is 5.06. The summed E-state index contributed by atoms with van der Waals surface area (Å²) in [5.41, 5.74) is 2.48. The van der Waals surface area contributed by atoms with Crippen molar-refractivity contribution in [2.75, 3.05) is 36.4 Å². The molecule has 0 spiro atoms. The fraction of sp³-hybridized carbons (Fsp3) is 0.458. The van der Waals surface area contributed by atoms with E-state index in [1.807, 2.05) is 13.0 Å². The number of anilines is 3. The summed E-state index contributed by atoms with van der Waals surface area (Å²) in [4.78, 5) is 35.8. The summed E-state index contributed by atoms with van der Waals surface area (Å²) >= 11 is 0. The number of carbonyl (C=O) groups excluding carboxylic acids is 1. The zero-order valence-corrected chi connectivity index (χ0v) is 19.3. The van der Waals surface area contributed by atoms with Gasteiger partial charge < -0.3 is 20.2 Å². The minimum atomic E-state index is -0.159. The molecule has 0 bridgehead atoms. The molecule has 2 N–H and O–H groups in total. The maximum atomic E-state index is 13.4. The van der Waals surface area contributed by atoms with Gasteiger partial charge in [0.2, 0.25) is 0 Å². The molecule has 1 aliphatic carbocycles. The average Bonchev–Trinajstić information content (AvgIpc) is 3.38. The van der Waals surface area contributed by atoms with Crippen LogP contribution in [0, 0.1) is 12.1 Å². The molecule has 1 saturated carbocycles. The number of hydrogen-bond acceptors (Lipinski definition) is 8. The van der Waals surface area contributed by atoms with E-state index in [0.29, 0.717) is 17.0 Å². The average molecular weight is 464 g/mol. The number of pyridine rings is 2. The van der Waals surface area contributed by atoms with Crippen LogP contribution in [0.25, 0.3) is 11.0 Å². The van der Waals surface area contributed by atoms with E-state index >= 15 is 0 Å². The van der Waals surface area contributed by atoms with E-state index in [-0.39, 0.29) is 24.0 Å². The van der Waals surface area contributed by atoms with Gasteiger partial charge >= 0.3 is 5.95 Å². The van der Waals surface area contributed by atoms with E-state index in [2.05, 4.69) is 25.5 Å². The van der Waals surface area contributed by atoms with Gasteiger partial charge in [-0.2, -0.15) is 9.97 Å². The Kier molecular flexibility index (Phi) is 6.14. The van der Waals surface area contributed by atoms with Crippen LogP contribution in [0.2, 0.25) is 0 Å². The molecule has 0 amide bonds. The van der Waals surface area contributed by atoms with E-state index < -0.39 is 0 Å². The van der Waals surface area contributed by atoms with E-state index in [1.165, 1.54) is 0 Å². The Bertz CT molecular complexity index is 1280. The van der Waals surface area contributed by atoms with Crippen LogP contribution in [0.3, 0.4) is 0 Å². The third-order valence-electron chi connectivity index (χ3n) is 6.93. The third kappa shape index (κ3) is 4.09. The molecule has 10 heteroatoms. The van der Waals surface area contributed by atoms with Crippen LogP contribution >= 0.6 is 0 Å². The molecule has 3 aromatic heterocycles. The number of fused-ring (bicyclic) bond motifs is 1. The van der Waals surface area contributed by atoms with Gasteiger partial charge in [-0.15, -0.1) is 0 Å². The van der Waals surface area contributed by atoms with Crippen LogP contribution in [0.4, 0.5) is 17.5 Å². The topological polar surface area (TPSA) is 119 Å². The molecule has 10 nitrogen and oxygen atoms in total. The van der Waals surface area contributed by atoms with Crippen molar-refractivity contribution < 1.29 is 9.52 Å². The summed E-state index contributed by atoms with van der Waals surface area (Å²) < 4.78 is 2.52. The van der Waals surface area contributed by atoms with E-state index in [9.17, 15) is 14.8 Å². The Morgan fingerprint density at radius 3 is 2.74 bits per heavy atom. The molecule has 0 radical (unpaired) electrons. The minimum Gasteiger partial charge on any atom is -0.711 e. The Labute approximate surface area is 197 Å². The quantitative estimate of drug-likeness (QED) is 0.322. The first-order chi connectivity index (χ1) is 16.6. The minimum absolute atomic E-state index is 0.0477. The van der Waals surface area contributed by atoms with E-state index in [1.54, 1.807) is 23.0 Å². The standard InChI is InChI=1S/C24H29N7O3/c1-16-19(8-13-32)23(33)31(17-4-2-3-5-17)22-20(16)14-26-24(28-22)27-21-7-6-18(15-30(21)34)29-11-9-25-10-12-29/h6-7,13-15,17,25H,2-5,8-12H2,1H3,(H,26,27,28). The van der Waals surface area contributed by atoms with E-state index in [0.717, 1.165) is 79.5 Å². The zero-order valence-electron chi connectivity index (χ0n) is 19.3. The molecule has 34 heavy (non-hydrogen) atoms. The monoisotopic (exact) mass is 463 g/mol. The number of hydrogen-bond donors (Lipinski definition) is 2. The first-order valence-electron chi connectivity index (χ1n) is 11.9. The lowest BCUT2D eigenvalue weighted by Crippen LogP contribution is -2.44. The number of nitrogens with one attached hydrogen (secondary N) is 2. The van der Waals surface area contributed by atoms with Gasteiger partial charge in [-0.3, -0.25) is 9.36 Å². The number of aromatic nitrogens is 4. The second-order valence-electron chi connectivity index (χ2n) is 8.98. The Balaban J connectivity index is 1.52. The van der Waals surface area contributed by atoms with Crippen LogP contribution in [-0.4, -0.2) is 47.0 Å². The van der Waals surface area contributed by atoms with Gasteiger partial charge in [-0.25, -0.2) is 10.0 Å². The molecule has 3 aromatic rings. The SMILES string of the molecule is Cc1c(CC=O)c(=O)n(C2CCCC2)c2nc(Nc3ccc(N4CCNCC4)c[n+]3[O-])ncc12. The molecule has 178 valence electrons. The van der Waals surface area contributed by atoms with Gasteiger partial charge in [0, 0.05) is 61.9 Å². The second kappa shape index (κ2) is 9.38. The predicted molar refractivity (Wildman–Crippen MR) is 130 cm³/mol. The summed E-state index contributed by atoms with van der Waals surface area (Å²) in [6, 6.07) is 3.68. The summed E-state index contributed by atoms with van der Waals surface area (Å²) in [5.74, 6) is 0.558. The van der Waals surface area contributed by atoms with Gasteiger partial charge in [0.25, 0.3) is 11.4 Å². The highest BCUT2D eigenvalue weighted by Crippen LogP contribution is 2.32. The van der Waals surface area contributed by atoms with Crippen molar-refractivity contribution in [3.8, 4) is 0 Å². The highest BCUT2D eigenvalue weighted by molar-refractivity contribution is 5.81. The summed E-state index contributed by atoms with van der Waals surface area (Å²) in [5, 5.41) is 19.8. The van der Waals surface area contributed by atoms with Crippen molar-refractivity contribution in [2.24, 2.45) is 0 Å². The molecule has 1 saturated heterocycles. The Morgan fingerprint density at radius 2 is 2.03 bits per heavy atom. The van der Waals surface area contributed by atoms with Crippen molar-refractivity contribution in [3.63, 3.8) is 0 Å². The highest BCUT2D eigenvalue weighted by atomic mass is 16.5. The lowest BCUT2D eigenvalue weighted by atomic mass is 10.0.